The molecule has 1 heterocycles. The van der Waals surface area contributed by atoms with Crippen molar-refractivity contribution < 1.29 is 4.79 Å². The molecule has 0 atom stereocenters. The van der Waals surface area contributed by atoms with E-state index in [2.05, 4.69) is 33.2 Å². The van der Waals surface area contributed by atoms with Crippen LogP contribution in [0.2, 0.25) is 5.02 Å². The van der Waals surface area contributed by atoms with Gasteiger partial charge in [0.05, 0.1) is 10.7 Å². The summed E-state index contributed by atoms with van der Waals surface area (Å²) in [7, 11) is 0. The second kappa shape index (κ2) is 5.61. The maximum Gasteiger partial charge on any atom is 0.255 e. The first-order chi connectivity index (χ1) is 9.63. The Morgan fingerprint density at radius 2 is 2.10 bits per heavy atom. The highest BCUT2D eigenvalue weighted by atomic mass is 127. The highest BCUT2D eigenvalue weighted by Gasteiger charge is 2.14. The summed E-state index contributed by atoms with van der Waals surface area (Å²) in [6.07, 6.45) is 1.01. The predicted octanol–water partition coefficient (Wildman–Crippen LogP) is 4.16. The zero-order chi connectivity index (χ0) is 14.1. The number of carbonyl (C=O) groups excluding carboxylic acids is 1. The minimum Gasteiger partial charge on any atom is -0.384 e. The Morgan fingerprint density at radius 3 is 2.90 bits per heavy atom. The van der Waals surface area contributed by atoms with Crippen LogP contribution in [0, 0.1) is 3.57 Å². The Hall–Kier alpha value is -1.27. The predicted molar refractivity (Wildman–Crippen MR) is 90.8 cm³/mol. The quantitative estimate of drug-likeness (QED) is 0.746. The molecule has 2 N–H and O–H groups in total. The van der Waals surface area contributed by atoms with Gasteiger partial charge in [0.15, 0.2) is 0 Å². The van der Waals surface area contributed by atoms with E-state index in [1.807, 2.05) is 36.4 Å². The van der Waals surface area contributed by atoms with Crippen LogP contribution in [0.25, 0.3) is 0 Å². The molecule has 2 aromatic rings. The number of hydrogen-bond acceptors (Lipinski definition) is 2. The van der Waals surface area contributed by atoms with Crippen LogP contribution in [0.15, 0.2) is 36.4 Å². The van der Waals surface area contributed by atoms with E-state index in [1.54, 1.807) is 0 Å². The molecule has 2 aromatic carbocycles. The van der Waals surface area contributed by atoms with E-state index in [1.165, 1.54) is 5.56 Å². The standard InChI is InChI=1S/C15H12ClIN2O/c16-12-8-11(17)3-4-13(12)19-15(20)10-2-1-9-5-6-18-14(9)7-10/h1-4,7-8,18H,5-6H2,(H,19,20). The van der Waals surface area contributed by atoms with Crippen LogP contribution in [0.3, 0.4) is 0 Å². The van der Waals surface area contributed by atoms with E-state index in [4.69, 9.17) is 11.6 Å². The van der Waals surface area contributed by atoms with Gasteiger partial charge in [-0.3, -0.25) is 4.79 Å². The van der Waals surface area contributed by atoms with Crippen molar-refractivity contribution >= 4 is 51.5 Å². The summed E-state index contributed by atoms with van der Waals surface area (Å²) in [5, 5.41) is 6.66. The Bertz CT molecular complexity index is 688. The maximum absolute atomic E-state index is 12.3. The van der Waals surface area contributed by atoms with Crippen molar-refractivity contribution in [2.24, 2.45) is 0 Å². The molecule has 5 heteroatoms. The normalized spacial score (nSPS) is 12.7. The third-order valence-corrected chi connectivity index (χ3v) is 4.24. The van der Waals surface area contributed by atoms with Crippen molar-refractivity contribution in [1.29, 1.82) is 0 Å². The zero-order valence-electron chi connectivity index (χ0n) is 10.5. The summed E-state index contributed by atoms with van der Waals surface area (Å²) in [5.74, 6) is -0.149. The van der Waals surface area contributed by atoms with Gasteiger partial charge in [0, 0.05) is 21.4 Å². The molecule has 1 aliphatic rings. The van der Waals surface area contributed by atoms with Crippen molar-refractivity contribution in [3.05, 3.63) is 56.1 Å². The molecule has 0 fully saturated rings. The number of halogens is 2. The molecule has 102 valence electrons. The summed E-state index contributed by atoms with van der Waals surface area (Å²) in [6.45, 7) is 0.934. The molecule has 0 bridgehead atoms. The van der Waals surface area contributed by atoms with Crippen molar-refractivity contribution in [2.45, 2.75) is 6.42 Å². The first kappa shape index (κ1) is 13.7. The Labute approximate surface area is 135 Å². The fourth-order valence-electron chi connectivity index (χ4n) is 2.22. The Balaban J connectivity index is 1.82. The SMILES string of the molecule is O=C(Nc1ccc(I)cc1Cl)c1ccc2c(c1)NCC2. The lowest BCUT2D eigenvalue weighted by atomic mass is 10.1. The van der Waals surface area contributed by atoms with Crippen molar-refractivity contribution in [3.63, 3.8) is 0 Å². The van der Waals surface area contributed by atoms with Crippen LogP contribution in [0.4, 0.5) is 11.4 Å². The molecule has 0 aliphatic carbocycles. The summed E-state index contributed by atoms with van der Waals surface area (Å²) in [5.41, 5.74) is 3.57. The third kappa shape index (κ3) is 2.76. The topological polar surface area (TPSA) is 41.1 Å². The van der Waals surface area contributed by atoms with Crippen LogP contribution < -0.4 is 10.6 Å². The van der Waals surface area contributed by atoms with Crippen LogP contribution in [-0.4, -0.2) is 12.5 Å². The lowest BCUT2D eigenvalue weighted by Crippen LogP contribution is -2.12. The van der Waals surface area contributed by atoms with Crippen LogP contribution in [0.5, 0.6) is 0 Å². The molecule has 0 saturated carbocycles. The van der Waals surface area contributed by atoms with Gasteiger partial charge in [0.2, 0.25) is 0 Å². The minimum absolute atomic E-state index is 0.149. The molecule has 0 radical (unpaired) electrons. The molecular weight excluding hydrogens is 387 g/mol. The maximum atomic E-state index is 12.3. The summed E-state index contributed by atoms with van der Waals surface area (Å²) >= 11 is 8.30. The number of nitrogens with one attached hydrogen (secondary N) is 2. The van der Waals surface area contributed by atoms with E-state index in [-0.39, 0.29) is 5.91 Å². The molecule has 0 spiro atoms. The summed E-state index contributed by atoms with van der Waals surface area (Å²) < 4.78 is 1.03. The first-order valence-electron chi connectivity index (χ1n) is 6.27. The van der Waals surface area contributed by atoms with Gasteiger partial charge in [0.25, 0.3) is 5.91 Å². The average molecular weight is 399 g/mol. The van der Waals surface area contributed by atoms with E-state index < -0.39 is 0 Å². The number of carbonyl (C=O) groups is 1. The minimum atomic E-state index is -0.149. The summed E-state index contributed by atoms with van der Waals surface area (Å²) in [4.78, 5) is 12.3. The lowest BCUT2D eigenvalue weighted by Gasteiger charge is -2.09. The van der Waals surface area contributed by atoms with Gasteiger partial charge in [-0.1, -0.05) is 17.7 Å². The number of amides is 1. The molecule has 0 saturated heterocycles. The number of hydrogen-bond donors (Lipinski definition) is 2. The van der Waals surface area contributed by atoms with Crippen molar-refractivity contribution in [3.8, 4) is 0 Å². The van der Waals surface area contributed by atoms with Crippen LogP contribution in [0.1, 0.15) is 15.9 Å². The number of anilines is 2. The number of fused-ring (bicyclic) bond motifs is 1. The van der Waals surface area contributed by atoms with Crippen LogP contribution in [-0.2, 0) is 6.42 Å². The monoisotopic (exact) mass is 398 g/mol. The van der Waals surface area contributed by atoms with Gasteiger partial charge in [0.1, 0.15) is 0 Å². The number of benzene rings is 2. The lowest BCUT2D eigenvalue weighted by molar-refractivity contribution is 0.102. The van der Waals surface area contributed by atoms with Crippen LogP contribution >= 0.6 is 34.2 Å². The molecule has 0 unspecified atom stereocenters. The van der Waals surface area contributed by atoms with E-state index >= 15 is 0 Å². The van der Waals surface area contributed by atoms with Gasteiger partial charge in [-0.25, -0.2) is 0 Å². The van der Waals surface area contributed by atoms with Gasteiger partial charge in [-0.05, 0) is 64.9 Å². The second-order valence-corrected chi connectivity index (χ2v) is 6.28. The average Bonchev–Trinajstić information content (AvgIpc) is 2.89. The largest absolute Gasteiger partial charge is 0.384 e. The zero-order valence-corrected chi connectivity index (χ0v) is 13.5. The fraction of sp³-hybridized carbons (Fsp3) is 0.133. The molecule has 3 rings (SSSR count). The highest BCUT2D eigenvalue weighted by Crippen LogP contribution is 2.26. The summed E-state index contributed by atoms with van der Waals surface area (Å²) in [6, 6.07) is 11.3. The van der Waals surface area contributed by atoms with Gasteiger partial charge < -0.3 is 10.6 Å². The van der Waals surface area contributed by atoms with Crippen molar-refractivity contribution in [2.75, 3.05) is 17.2 Å². The fourth-order valence-corrected chi connectivity index (χ4v) is 3.12. The second-order valence-electron chi connectivity index (χ2n) is 4.63. The van der Waals surface area contributed by atoms with Gasteiger partial charge in [-0.2, -0.15) is 0 Å². The molecular formula is C15H12ClIN2O. The number of rotatable bonds is 2. The third-order valence-electron chi connectivity index (χ3n) is 3.26. The Kier molecular flexibility index (Phi) is 3.85. The molecule has 0 aromatic heterocycles. The highest BCUT2D eigenvalue weighted by molar-refractivity contribution is 14.1. The molecule has 1 amide bonds. The van der Waals surface area contributed by atoms with E-state index in [0.29, 0.717) is 16.3 Å². The first-order valence-corrected chi connectivity index (χ1v) is 7.72. The van der Waals surface area contributed by atoms with E-state index in [9.17, 15) is 4.79 Å². The molecule has 1 aliphatic heterocycles. The van der Waals surface area contributed by atoms with Gasteiger partial charge in [-0.15, -0.1) is 0 Å². The Morgan fingerprint density at radius 1 is 1.25 bits per heavy atom. The van der Waals surface area contributed by atoms with Gasteiger partial charge >= 0.3 is 0 Å². The smallest absolute Gasteiger partial charge is 0.255 e. The molecule has 20 heavy (non-hydrogen) atoms. The van der Waals surface area contributed by atoms with Crippen molar-refractivity contribution in [1.82, 2.24) is 0 Å². The molecule has 3 nitrogen and oxygen atoms in total. The van der Waals surface area contributed by atoms with E-state index in [0.717, 1.165) is 22.2 Å².